The SMILES string of the molecule is CCOC(=O)C1=C(C)N=c2s/c(=C/c3ccccc3OC)c(=O)n2C1c1ccc(OC(C)=O)c(OC)c1. The van der Waals surface area contributed by atoms with Crippen LogP contribution in [0.2, 0.25) is 0 Å². The topological polar surface area (TPSA) is 105 Å². The first kappa shape index (κ1) is 25.9. The Bertz CT molecular complexity index is 1580. The van der Waals surface area contributed by atoms with E-state index in [1.165, 1.54) is 29.9 Å². The average Bonchev–Trinajstić information content (AvgIpc) is 3.17. The second kappa shape index (κ2) is 10.8. The van der Waals surface area contributed by atoms with E-state index in [-0.39, 0.29) is 29.2 Å². The maximum Gasteiger partial charge on any atom is 0.338 e. The molecule has 9 nitrogen and oxygen atoms in total. The normalized spacial score (nSPS) is 15.1. The Kier molecular flexibility index (Phi) is 7.58. The summed E-state index contributed by atoms with van der Waals surface area (Å²) in [7, 11) is 3.01. The van der Waals surface area contributed by atoms with Crippen molar-refractivity contribution in [1.29, 1.82) is 0 Å². The molecular formula is C27H26N2O7S. The minimum Gasteiger partial charge on any atom is -0.496 e. The number of rotatable bonds is 7. The van der Waals surface area contributed by atoms with Gasteiger partial charge in [0.15, 0.2) is 16.3 Å². The number of hydrogen-bond acceptors (Lipinski definition) is 9. The molecule has 0 fully saturated rings. The largest absolute Gasteiger partial charge is 0.496 e. The van der Waals surface area contributed by atoms with E-state index in [1.807, 2.05) is 24.3 Å². The summed E-state index contributed by atoms with van der Waals surface area (Å²) in [5.41, 5.74) is 1.66. The van der Waals surface area contributed by atoms with Gasteiger partial charge in [-0.15, -0.1) is 0 Å². The average molecular weight is 523 g/mol. The van der Waals surface area contributed by atoms with Crippen molar-refractivity contribution in [3.05, 3.63) is 84.5 Å². The quantitative estimate of drug-likeness (QED) is 0.347. The van der Waals surface area contributed by atoms with Gasteiger partial charge in [0.1, 0.15) is 5.75 Å². The van der Waals surface area contributed by atoms with Gasteiger partial charge in [-0.2, -0.15) is 0 Å². The number of hydrogen-bond donors (Lipinski definition) is 0. The van der Waals surface area contributed by atoms with E-state index in [0.717, 1.165) is 5.56 Å². The Morgan fingerprint density at radius 3 is 2.49 bits per heavy atom. The monoisotopic (exact) mass is 522 g/mol. The molecule has 0 saturated heterocycles. The van der Waals surface area contributed by atoms with E-state index >= 15 is 0 Å². The first-order chi connectivity index (χ1) is 17.8. The number of methoxy groups -OCH3 is 2. The third kappa shape index (κ3) is 5.05. The minimum absolute atomic E-state index is 0.162. The van der Waals surface area contributed by atoms with Gasteiger partial charge >= 0.3 is 11.9 Å². The van der Waals surface area contributed by atoms with Crippen LogP contribution in [0.4, 0.5) is 0 Å². The molecule has 0 saturated carbocycles. The van der Waals surface area contributed by atoms with Crippen molar-refractivity contribution in [2.45, 2.75) is 26.8 Å². The van der Waals surface area contributed by atoms with Crippen molar-refractivity contribution in [2.24, 2.45) is 4.99 Å². The van der Waals surface area contributed by atoms with Gasteiger partial charge in [0, 0.05) is 12.5 Å². The smallest absolute Gasteiger partial charge is 0.338 e. The summed E-state index contributed by atoms with van der Waals surface area (Å²) in [6, 6.07) is 11.4. The fourth-order valence-corrected chi connectivity index (χ4v) is 5.16. The third-order valence-corrected chi connectivity index (χ3v) is 6.68. The highest BCUT2D eigenvalue weighted by Crippen LogP contribution is 2.36. The molecule has 1 atom stereocenters. The van der Waals surface area contributed by atoms with Crippen molar-refractivity contribution >= 4 is 29.4 Å². The molecular weight excluding hydrogens is 496 g/mol. The van der Waals surface area contributed by atoms with Gasteiger partial charge in [-0.05, 0) is 43.7 Å². The van der Waals surface area contributed by atoms with Crippen molar-refractivity contribution < 1.29 is 28.5 Å². The number of nitrogens with zero attached hydrogens (tertiary/aromatic N) is 2. The molecule has 4 rings (SSSR count). The number of para-hydroxylation sites is 1. The predicted molar refractivity (Wildman–Crippen MR) is 138 cm³/mol. The number of benzene rings is 2. The second-order valence-electron chi connectivity index (χ2n) is 8.05. The Hall–Kier alpha value is -4.18. The van der Waals surface area contributed by atoms with Crippen LogP contribution in [0.15, 0.2) is 63.5 Å². The van der Waals surface area contributed by atoms with E-state index in [1.54, 1.807) is 45.2 Å². The maximum atomic E-state index is 13.8. The lowest BCUT2D eigenvalue weighted by Crippen LogP contribution is -2.40. The van der Waals surface area contributed by atoms with Gasteiger partial charge in [-0.1, -0.05) is 35.6 Å². The first-order valence-electron chi connectivity index (χ1n) is 11.5. The van der Waals surface area contributed by atoms with Crippen LogP contribution >= 0.6 is 11.3 Å². The van der Waals surface area contributed by atoms with Crippen molar-refractivity contribution in [3.8, 4) is 17.2 Å². The minimum atomic E-state index is -0.838. The molecule has 3 aromatic rings. The van der Waals surface area contributed by atoms with E-state index in [4.69, 9.17) is 18.9 Å². The maximum absolute atomic E-state index is 13.8. The number of thiazole rings is 1. The van der Waals surface area contributed by atoms with Crippen LogP contribution < -0.4 is 29.1 Å². The van der Waals surface area contributed by atoms with Gasteiger partial charge in [0.25, 0.3) is 5.56 Å². The Morgan fingerprint density at radius 1 is 1.08 bits per heavy atom. The fourth-order valence-electron chi connectivity index (χ4n) is 4.13. The zero-order chi connectivity index (χ0) is 26.7. The molecule has 1 unspecified atom stereocenters. The van der Waals surface area contributed by atoms with Crippen LogP contribution in [0, 0.1) is 0 Å². The number of carbonyl (C=O) groups excluding carboxylic acids is 2. The van der Waals surface area contributed by atoms with Gasteiger partial charge in [-0.3, -0.25) is 14.2 Å². The molecule has 2 heterocycles. The summed E-state index contributed by atoms with van der Waals surface area (Å²) in [6.45, 7) is 4.87. The highest BCUT2D eigenvalue weighted by atomic mass is 32.1. The van der Waals surface area contributed by atoms with Crippen LogP contribution in [0.3, 0.4) is 0 Å². The second-order valence-corrected chi connectivity index (χ2v) is 9.06. The van der Waals surface area contributed by atoms with E-state index in [2.05, 4.69) is 4.99 Å². The third-order valence-electron chi connectivity index (χ3n) is 5.70. The van der Waals surface area contributed by atoms with Gasteiger partial charge in [0.05, 0.1) is 42.7 Å². The van der Waals surface area contributed by atoms with E-state index in [9.17, 15) is 14.4 Å². The van der Waals surface area contributed by atoms with Crippen LogP contribution in [-0.4, -0.2) is 37.3 Å². The lowest BCUT2D eigenvalue weighted by atomic mass is 9.95. The summed E-state index contributed by atoms with van der Waals surface area (Å²) in [5.74, 6) is 0.0515. The van der Waals surface area contributed by atoms with Crippen LogP contribution in [-0.2, 0) is 14.3 Å². The number of fused-ring (bicyclic) bond motifs is 1. The van der Waals surface area contributed by atoms with E-state index in [0.29, 0.717) is 26.3 Å². The Labute approximate surface area is 216 Å². The van der Waals surface area contributed by atoms with Crippen molar-refractivity contribution in [2.75, 3.05) is 20.8 Å². The lowest BCUT2D eigenvalue weighted by molar-refractivity contribution is -0.139. The molecule has 1 aromatic heterocycles. The molecule has 0 spiro atoms. The molecule has 2 aromatic carbocycles. The molecule has 10 heteroatoms. The van der Waals surface area contributed by atoms with Crippen LogP contribution in [0.1, 0.15) is 37.9 Å². The highest BCUT2D eigenvalue weighted by molar-refractivity contribution is 7.07. The van der Waals surface area contributed by atoms with Gasteiger partial charge in [-0.25, -0.2) is 9.79 Å². The number of carbonyl (C=O) groups is 2. The summed E-state index contributed by atoms with van der Waals surface area (Å²) in [4.78, 5) is 43.4. The first-order valence-corrected chi connectivity index (χ1v) is 12.3. The summed E-state index contributed by atoms with van der Waals surface area (Å²) in [5, 5.41) is 0. The number of aromatic nitrogens is 1. The molecule has 0 N–H and O–H groups in total. The number of esters is 2. The van der Waals surface area contributed by atoms with Crippen LogP contribution in [0.25, 0.3) is 6.08 Å². The molecule has 192 valence electrons. The number of allylic oxidation sites excluding steroid dienone is 1. The Morgan fingerprint density at radius 2 is 1.81 bits per heavy atom. The molecule has 0 bridgehead atoms. The molecule has 0 radical (unpaired) electrons. The lowest BCUT2D eigenvalue weighted by Gasteiger charge is -2.25. The molecule has 0 amide bonds. The molecule has 1 aliphatic rings. The van der Waals surface area contributed by atoms with Crippen molar-refractivity contribution in [3.63, 3.8) is 0 Å². The zero-order valence-corrected chi connectivity index (χ0v) is 21.9. The van der Waals surface area contributed by atoms with Crippen molar-refractivity contribution in [1.82, 2.24) is 4.57 Å². The number of ether oxygens (including phenoxy) is 4. The summed E-state index contributed by atoms with van der Waals surface area (Å²) >= 11 is 1.21. The predicted octanol–water partition coefficient (Wildman–Crippen LogP) is 2.74. The summed E-state index contributed by atoms with van der Waals surface area (Å²) < 4.78 is 23.3. The molecule has 1 aliphatic heterocycles. The van der Waals surface area contributed by atoms with Gasteiger partial charge in [0.2, 0.25) is 0 Å². The fraction of sp³-hybridized carbons (Fsp3) is 0.259. The molecule has 0 aliphatic carbocycles. The van der Waals surface area contributed by atoms with Crippen LogP contribution in [0.5, 0.6) is 17.2 Å². The van der Waals surface area contributed by atoms with E-state index < -0.39 is 18.0 Å². The standard InChI is InChI=1S/C27H26N2O7S/c1-6-35-26(32)23-15(2)28-27-29(24(23)18-11-12-20(36-16(3)30)21(13-18)34-5)25(31)22(37-27)14-17-9-7-8-10-19(17)33-4/h7-14,24H,6H2,1-5H3/b22-14+. The Balaban J connectivity index is 1.96. The van der Waals surface area contributed by atoms with Gasteiger partial charge < -0.3 is 18.9 Å². The highest BCUT2D eigenvalue weighted by Gasteiger charge is 2.34. The summed E-state index contributed by atoms with van der Waals surface area (Å²) in [6.07, 6.45) is 1.74. The molecule has 37 heavy (non-hydrogen) atoms. The zero-order valence-electron chi connectivity index (χ0n) is 21.1.